The van der Waals surface area contributed by atoms with Crippen molar-refractivity contribution in [1.82, 2.24) is 0 Å². The van der Waals surface area contributed by atoms with E-state index in [0.29, 0.717) is 49.6 Å². The number of hydrogen-bond acceptors (Lipinski definition) is 7. The van der Waals surface area contributed by atoms with Gasteiger partial charge in [0.15, 0.2) is 0 Å². The molecule has 2 heterocycles. The van der Waals surface area contributed by atoms with E-state index in [4.69, 9.17) is 4.74 Å². The first-order valence-corrected chi connectivity index (χ1v) is 13.5. The summed E-state index contributed by atoms with van der Waals surface area (Å²) >= 11 is 1.49. The highest BCUT2D eigenvalue weighted by Gasteiger charge is 2.29. The molecule has 1 saturated heterocycles. The molecule has 0 amide bonds. The zero-order valence-electron chi connectivity index (χ0n) is 21.0. The van der Waals surface area contributed by atoms with E-state index >= 15 is 0 Å². The Hall–Kier alpha value is -3.20. The van der Waals surface area contributed by atoms with E-state index in [1.54, 1.807) is 19.2 Å². The van der Waals surface area contributed by atoms with E-state index in [2.05, 4.69) is 34.9 Å². The lowest BCUT2D eigenvalue weighted by Gasteiger charge is -2.32. The Morgan fingerprint density at radius 1 is 1.14 bits per heavy atom. The molecule has 1 aromatic heterocycles. The summed E-state index contributed by atoms with van der Waals surface area (Å²) in [5, 5.41) is 28.6. The molecule has 1 aliphatic carbocycles. The van der Waals surface area contributed by atoms with E-state index in [1.807, 2.05) is 17.5 Å². The Labute approximate surface area is 221 Å². The van der Waals surface area contributed by atoms with Gasteiger partial charge in [0.25, 0.3) is 0 Å². The van der Waals surface area contributed by atoms with Gasteiger partial charge in [-0.2, -0.15) is 0 Å². The molecule has 7 nitrogen and oxygen atoms in total. The molecular weight excluding hydrogens is 488 g/mol. The van der Waals surface area contributed by atoms with Crippen molar-refractivity contribution in [3.8, 4) is 0 Å². The van der Waals surface area contributed by atoms with Crippen molar-refractivity contribution in [2.75, 3.05) is 37.4 Å². The van der Waals surface area contributed by atoms with Crippen molar-refractivity contribution in [3.63, 3.8) is 0 Å². The quantitative estimate of drug-likeness (QED) is 0.315. The second-order valence-corrected chi connectivity index (χ2v) is 10.5. The van der Waals surface area contributed by atoms with Crippen LogP contribution in [0.4, 0.5) is 10.7 Å². The fourth-order valence-electron chi connectivity index (χ4n) is 4.91. The molecule has 0 saturated carbocycles. The van der Waals surface area contributed by atoms with Gasteiger partial charge >= 0.3 is 5.97 Å². The van der Waals surface area contributed by atoms with Crippen LogP contribution >= 0.6 is 11.3 Å². The summed E-state index contributed by atoms with van der Waals surface area (Å²) < 4.78 is 5.22. The largest absolute Gasteiger partial charge is 0.478 e. The van der Waals surface area contributed by atoms with Gasteiger partial charge in [0.1, 0.15) is 11.3 Å². The number of thiophene rings is 1. The maximum atomic E-state index is 11.5. The lowest BCUT2D eigenvalue weighted by molar-refractivity contribution is -0.0543. The molecule has 1 unspecified atom stereocenters. The van der Waals surface area contributed by atoms with Crippen molar-refractivity contribution >= 4 is 34.3 Å². The normalized spacial score (nSPS) is 18.1. The van der Waals surface area contributed by atoms with Gasteiger partial charge < -0.3 is 25.6 Å². The third-order valence-electron chi connectivity index (χ3n) is 7.14. The predicted octanol–water partition coefficient (Wildman–Crippen LogP) is 5.21. The van der Waals surface area contributed by atoms with E-state index in [1.165, 1.54) is 22.5 Å². The first kappa shape index (κ1) is 26.9. The van der Waals surface area contributed by atoms with Gasteiger partial charge in [-0.05, 0) is 71.5 Å². The minimum Gasteiger partial charge on any atom is -0.478 e. The molecule has 1 fully saturated rings. The number of carbonyl (C=O) groups excluding carboxylic acids is 1. The Morgan fingerprint density at radius 3 is 2.49 bits per heavy atom. The van der Waals surface area contributed by atoms with Crippen LogP contribution in [0.2, 0.25) is 0 Å². The van der Waals surface area contributed by atoms with E-state index < -0.39 is 11.6 Å². The summed E-state index contributed by atoms with van der Waals surface area (Å²) in [4.78, 5) is 22.0. The number of hydrogen-bond donors (Lipinski definition) is 4. The van der Waals surface area contributed by atoms with Crippen molar-refractivity contribution < 1.29 is 24.5 Å². The molecule has 1 atom stereocenters. The monoisotopic (exact) mass is 522 g/mol. The molecule has 3 aromatic rings. The lowest BCUT2D eigenvalue weighted by Crippen LogP contribution is -2.42. The number of rotatable bonds is 7. The van der Waals surface area contributed by atoms with Crippen molar-refractivity contribution in [3.05, 3.63) is 81.7 Å². The molecule has 1 aliphatic heterocycles. The summed E-state index contributed by atoms with van der Waals surface area (Å²) in [5.41, 5.74) is 5.10. The number of fused-ring (bicyclic) bond motifs is 1. The van der Waals surface area contributed by atoms with Crippen LogP contribution in [-0.2, 0) is 17.6 Å². The van der Waals surface area contributed by atoms with Gasteiger partial charge in [0.2, 0.25) is 0 Å². The molecule has 196 valence electrons. The molecule has 0 bridgehead atoms. The van der Waals surface area contributed by atoms with Crippen LogP contribution in [0.1, 0.15) is 62.6 Å². The molecule has 2 aromatic carbocycles. The molecule has 0 spiro atoms. The molecule has 0 radical (unpaired) electrons. The number of aromatic carboxylic acids is 1. The molecule has 8 heteroatoms. The van der Waals surface area contributed by atoms with Crippen molar-refractivity contribution in [2.45, 2.75) is 43.6 Å². The minimum absolute atomic E-state index is 0.314. The molecule has 37 heavy (non-hydrogen) atoms. The van der Waals surface area contributed by atoms with Crippen molar-refractivity contribution in [1.29, 1.82) is 0 Å². The number of nitrogens with one attached hydrogen (secondary N) is 2. The summed E-state index contributed by atoms with van der Waals surface area (Å²) in [7, 11) is 1.78. The number of aldehydes is 1. The summed E-state index contributed by atoms with van der Waals surface area (Å²) in [6.45, 7) is 1.74. The number of carboxylic acids is 1. The maximum absolute atomic E-state index is 11.5. The van der Waals surface area contributed by atoms with Gasteiger partial charge in [0, 0.05) is 50.9 Å². The molecule has 4 N–H and O–H groups in total. The zero-order chi connectivity index (χ0) is 26.3. The highest BCUT2D eigenvalue weighted by atomic mass is 32.1. The predicted molar refractivity (Wildman–Crippen MR) is 147 cm³/mol. The highest BCUT2D eigenvalue weighted by Crippen LogP contribution is 2.39. The average molecular weight is 523 g/mol. The summed E-state index contributed by atoms with van der Waals surface area (Å²) in [6.07, 6.45) is 5.13. The SMILES string of the molecule is CNc1scc(C2CCc3ccccc3C2)c1C(=O)O.O=Cc1ccc(NCC2(O)CCOCC2)cc1. The van der Waals surface area contributed by atoms with Crippen LogP contribution in [0.5, 0.6) is 0 Å². The lowest BCUT2D eigenvalue weighted by atomic mass is 9.80. The van der Waals surface area contributed by atoms with Crippen LogP contribution in [0.3, 0.4) is 0 Å². The second kappa shape index (κ2) is 12.4. The van der Waals surface area contributed by atoms with Gasteiger partial charge in [0.05, 0.1) is 11.2 Å². The van der Waals surface area contributed by atoms with Gasteiger partial charge in [-0.1, -0.05) is 24.3 Å². The fraction of sp³-hybridized carbons (Fsp3) is 0.379. The van der Waals surface area contributed by atoms with Gasteiger partial charge in [-0.25, -0.2) is 4.79 Å². The molecule has 5 rings (SSSR count). The number of anilines is 2. The number of aryl methyl sites for hydroxylation is 1. The summed E-state index contributed by atoms with van der Waals surface area (Å²) in [6, 6.07) is 15.7. The van der Waals surface area contributed by atoms with E-state index in [9.17, 15) is 19.8 Å². The van der Waals surface area contributed by atoms with Gasteiger partial charge in [-0.3, -0.25) is 4.79 Å². The van der Waals surface area contributed by atoms with Crippen molar-refractivity contribution in [2.24, 2.45) is 0 Å². The fourth-order valence-corrected chi connectivity index (χ4v) is 5.91. The van der Waals surface area contributed by atoms with Crippen LogP contribution in [0.15, 0.2) is 53.9 Å². The van der Waals surface area contributed by atoms with Crippen LogP contribution in [0.25, 0.3) is 0 Å². The van der Waals surface area contributed by atoms with E-state index in [-0.39, 0.29) is 0 Å². The standard InChI is InChI=1S/C16H17NO2S.C13H17NO3/c1-17-15-14(16(18)19)13(9-20-15)12-7-6-10-4-2-3-5-11(10)8-12;15-9-11-1-3-12(4-2-11)14-10-13(16)5-7-17-8-6-13/h2-5,9,12,17H,6-8H2,1H3,(H,18,19);1-4,9,14,16H,5-8,10H2. The topological polar surface area (TPSA) is 108 Å². The number of ether oxygens (including phenoxy) is 1. The molecular formula is C29H34N2O5S. The Kier molecular flexibility index (Phi) is 8.97. The Morgan fingerprint density at radius 2 is 1.84 bits per heavy atom. The van der Waals surface area contributed by atoms with Gasteiger partial charge in [-0.15, -0.1) is 11.3 Å². The number of aliphatic hydroxyl groups is 1. The zero-order valence-corrected chi connectivity index (χ0v) is 21.9. The number of carbonyl (C=O) groups is 2. The second-order valence-electron chi connectivity index (χ2n) is 9.59. The van der Waals surface area contributed by atoms with Crippen LogP contribution < -0.4 is 10.6 Å². The van der Waals surface area contributed by atoms with Crippen LogP contribution in [0, 0.1) is 0 Å². The molecule has 2 aliphatic rings. The minimum atomic E-state index is -0.829. The van der Waals surface area contributed by atoms with Crippen LogP contribution in [-0.4, -0.2) is 54.9 Å². The number of benzene rings is 2. The van der Waals surface area contributed by atoms with E-state index in [0.717, 1.165) is 41.8 Å². The third kappa shape index (κ3) is 6.77. The number of carboxylic acid groups (broad SMARTS) is 1. The smallest absolute Gasteiger partial charge is 0.338 e. The first-order valence-electron chi connectivity index (χ1n) is 12.6. The highest BCUT2D eigenvalue weighted by molar-refractivity contribution is 7.14. The Balaban J connectivity index is 0.000000176. The summed E-state index contributed by atoms with van der Waals surface area (Å²) in [5.74, 6) is -0.515. The Bertz CT molecular complexity index is 1200. The first-order chi connectivity index (χ1) is 17.9. The third-order valence-corrected chi connectivity index (χ3v) is 8.15. The average Bonchev–Trinajstić information content (AvgIpc) is 3.38. The maximum Gasteiger partial charge on any atom is 0.338 e.